The van der Waals surface area contributed by atoms with Crippen molar-refractivity contribution in [3.63, 3.8) is 0 Å². The molecule has 0 saturated heterocycles. The van der Waals surface area contributed by atoms with Crippen LogP contribution in [0, 0.1) is 5.41 Å². The lowest BCUT2D eigenvalue weighted by Crippen LogP contribution is -2.82. The van der Waals surface area contributed by atoms with Crippen molar-refractivity contribution >= 4 is 5.97 Å². The Kier molecular flexibility index (Phi) is 8.83. The molecule has 0 bridgehead atoms. The minimum Gasteiger partial charge on any atom is -0.489 e. The number of halogens is 1. The molecule has 28 heavy (non-hydrogen) atoms. The van der Waals surface area contributed by atoms with E-state index in [-0.39, 0.29) is 18.9 Å². The van der Waals surface area contributed by atoms with E-state index in [9.17, 15) is 4.39 Å². The molecule has 1 atom stereocenters. The van der Waals surface area contributed by atoms with Crippen LogP contribution < -0.4 is 10.1 Å². The minimum absolute atomic E-state index is 0.0278. The van der Waals surface area contributed by atoms with Gasteiger partial charge in [0.1, 0.15) is 18.1 Å². The maximum atomic E-state index is 13.9. The largest absolute Gasteiger partial charge is 0.489 e. The molecule has 0 saturated carbocycles. The second-order valence-electron chi connectivity index (χ2n) is 7.31. The van der Waals surface area contributed by atoms with Crippen LogP contribution >= 0.6 is 0 Å². The fourth-order valence-electron chi connectivity index (χ4n) is 3.42. The third-order valence-electron chi connectivity index (χ3n) is 5.02. The number of aliphatic hydroxyl groups is 2. The van der Waals surface area contributed by atoms with Gasteiger partial charge in [-0.1, -0.05) is 32.4 Å². The first-order valence-corrected chi connectivity index (χ1v) is 10.0. The SMILES string of the molecule is CCCC[NH2+]C1=CCCC(COc2ccc(C(C)CC(O)O)cc2)=C1C(=N)F. The van der Waals surface area contributed by atoms with E-state index in [0.717, 1.165) is 42.6 Å². The normalized spacial score (nSPS) is 15.6. The molecule has 0 aliphatic heterocycles. The van der Waals surface area contributed by atoms with Gasteiger partial charge < -0.3 is 20.3 Å². The van der Waals surface area contributed by atoms with Crippen LogP contribution in [0.2, 0.25) is 0 Å². The number of ether oxygens (including phenoxy) is 1. The molecule has 0 radical (unpaired) electrons. The van der Waals surface area contributed by atoms with E-state index in [1.54, 1.807) is 0 Å². The van der Waals surface area contributed by atoms with Gasteiger partial charge in [-0.25, -0.2) is 0 Å². The predicted octanol–water partition coefficient (Wildman–Crippen LogP) is 3.15. The van der Waals surface area contributed by atoms with Crippen molar-refractivity contribution in [1.29, 1.82) is 5.41 Å². The number of aliphatic hydroxyl groups excluding tert-OH is 1. The molecule has 1 aromatic rings. The van der Waals surface area contributed by atoms with E-state index in [0.29, 0.717) is 17.7 Å². The number of quaternary nitrogens is 1. The Labute approximate surface area is 166 Å². The zero-order chi connectivity index (χ0) is 20.5. The molecule has 6 heteroatoms. The second-order valence-corrected chi connectivity index (χ2v) is 7.31. The van der Waals surface area contributed by atoms with Crippen LogP contribution in [0.1, 0.15) is 57.4 Å². The molecule has 0 amide bonds. The van der Waals surface area contributed by atoms with Gasteiger partial charge in [-0.05, 0) is 54.5 Å². The third kappa shape index (κ3) is 6.55. The molecule has 0 heterocycles. The molecule has 0 aromatic heterocycles. The molecule has 0 spiro atoms. The number of allylic oxidation sites excluding steroid dienone is 2. The van der Waals surface area contributed by atoms with Crippen LogP contribution in [0.25, 0.3) is 0 Å². The number of unbranched alkanes of at least 4 members (excludes halogenated alkanes) is 1. The Morgan fingerprint density at radius 2 is 2.00 bits per heavy atom. The van der Waals surface area contributed by atoms with E-state index < -0.39 is 12.3 Å². The molecular formula is C22H32FN2O3+. The molecule has 154 valence electrons. The van der Waals surface area contributed by atoms with Crippen molar-refractivity contribution in [2.45, 2.75) is 58.2 Å². The summed E-state index contributed by atoms with van der Waals surface area (Å²) in [5.74, 6) is -0.201. The van der Waals surface area contributed by atoms with Crippen molar-refractivity contribution in [2.75, 3.05) is 13.2 Å². The van der Waals surface area contributed by atoms with E-state index in [4.69, 9.17) is 20.4 Å². The number of nitrogens with one attached hydrogen (secondary N) is 1. The number of hydrogen-bond donors (Lipinski definition) is 4. The number of nitrogens with two attached hydrogens (primary N) is 1. The van der Waals surface area contributed by atoms with E-state index in [1.807, 2.05) is 42.6 Å². The highest BCUT2D eigenvalue weighted by Crippen LogP contribution is 2.26. The van der Waals surface area contributed by atoms with Crippen LogP contribution in [0.4, 0.5) is 4.39 Å². The number of hydrogen-bond acceptors (Lipinski definition) is 4. The van der Waals surface area contributed by atoms with Crippen molar-refractivity contribution in [3.8, 4) is 5.75 Å². The first kappa shape index (κ1) is 22.3. The van der Waals surface area contributed by atoms with Crippen molar-refractivity contribution in [2.24, 2.45) is 0 Å². The summed E-state index contributed by atoms with van der Waals surface area (Å²) in [6.07, 6.45) is 4.61. The molecule has 1 unspecified atom stereocenters. The van der Waals surface area contributed by atoms with Crippen molar-refractivity contribution in [1.82, 2.24) is 0 Å². The standard InChI is InChI=1S/C22H31FN2O3/c1-3-4-12-25-19-7-5-6-17(21(19)22(23)24)14-28-18-10-8-16(9-11-18)15(2)13-20(26)27/h7-11,15,20,24-27H,3-6,12-14H2,1-2H3/p+1. The predicted molar refractivity (Wildman–Crippen MR) is 108 cm³/mol. The van der Waals surface area contributed by atoms with Gasteiger partial charge in [0, 0.05) is 6.42 Å². The summed E-state index contributed by atoms with van der Waals surface area (Å²) in [5, 5.41) is 27.8. The van der Waals surface area contributed by atoms with E-state index in [2.05, 4.69) is 6.92 Å². The Morgan fingerprint density at radius 3 is 2.61 bits per heavy atom. The van der Waals surface area contributed by atoms with Crippen LogP contribution in [0.15, 0.2) is 47.2 Å². The average molecular weight is 392 g/mol. The number of rotatable bonds is 11. The summed E-state index contributed by atoms with van der Waals surface area (Å²) in [6, 6.07) is 7.48. The van der Waals surface area contributed by atoms with Crippen LogP contribution in [0.3, 0.4) is 0 Å². The summed E-state index contributed by atoms with van der Waals surface area (Å²) in [6.45, 7) is 5.19. The van der Waals surface area contributed by atoms with Gasteiger partial charge in [0.2, 0.25) is 5.97 Å². The molecule has 1 aliphatic rings. The number of benzene rings is 1. The minimum atomic E-state index is -1.32. The monoisotopic (exact) mass is 391 g/mol. The fraction of sp³-hybridized carbons (Fsp3) is 0.500. The molecule has 1 aromatic carbocycles. The highest BCUT2D eigenvalue weighted by atomic mass is 19.1. The molecule has 5 N–H and O–H groups in total. The summed E-state index contributed by atoms with van der Waals surface area (Å²) in [5.41, 5.74) is 3.01. The van der Waals surface area contributed by atoms with Gasteiger partial charge in [0.15, 0.2) is 6.29 Å². The zero-order valence-corrected chi connectivity index (χ0v) is 16.7. The van der Waals surface area contributed by atoms with Crippen molar-refractivity contribution < 1.29 is 24.7 Å². The van der Waals surface area contributed by atoms with Gasteiger partial charge in [0.05, 0.1) is 12.1 Å². The molecule has 5 nitrogen and oxygen atoms in total. The zero-order valence-electron chi connectivity index (χ0n) is 16.7. The molecule has 0 fully saturated rings. The van der Waals surface area contributed by atoms with Crippen LogP contribution in [-0.4, -0.2) is 35.6 Å². The first-order valence-electron chi connectivity index (χ1n) is 10.0. The van der Waals surface area contributed by atoms with Gasteiger partial charge in [-0.2, -0.15) is 4.39 Å². The second kappa shape index (κ2) is 11.1. The summed E-state index contributed by atoms with van der Waals surface area (Å²) >= 11 is 0. The van der Waals surface area contributed by atoms with Gasteiger partial charge in [0.25, 0.3) is 0 Å². The Hall–Kier alpha value is -2.02. The Morgan fingerprint density at radius 1 is 1.29 bits per heavy atom. The maximum absolute atomic E-state index is 13.9. The van der Waals surface area contributed by atoms with E-state index in [1.165, 1.54) is 0 Å². The highest BCUT2D eigenvalue weighted by Gasteiger charge is 2.23. The molecular weight excluding hydrogens is 359 g/mol. The summed E-state index contributed by atoms with van der Waals surface area (Å²) < 4.78 is 19.8. The first-order chi connectivity index (χ1) is 13.4. The lowest BCUT2D eigenvalue weighted by Gasteiger charge is -2.19. The Bertz CT molecular complexity index is 711. The average Bonchev–Trinajstić information content (AvgIpc) is 2.66. The molecule has 2 rings (SSSR count). The topological polar surface area (TPSA) is 90.2 Å². The van der Waals surface area contributed by atoms with Gasteiger partial charge >= 0.3 is 0 Å². The highest BCUT2D eigenvalue weighted by molar-refractivity contribution is 5.95. The lowest BCUT2D eigenvalue weighted by molar-refractivity contribution is -0.603. The van der Waals surface area contributed by atoms with Crippen molar-refractivity contribution in [3.05, 3.63) is 52.7 Å². The van der Waals surface area contributed by atoms with Crippen LogP contribution in [-0.2, 0) is 0 Å². The van der Waals surface area contributed by atoms with E-state index >= 15 is 0 Å². The maximum Gasteiger partial charge on any atom is 0.218 e. The van der Waals surface area contributed by atoms with Crippen LogP contribution in [0.5, 0.6) is 5.75 Å². The summed E-state index contributed by atoms with van der Waals surface area (Å²) in [4.78, 5) is 0. The van der Waals surface area contributed by atoms with Gasteiger partial charge in [-0.3, -0.25) is 5.41 Å². The Balaban J connectivity index is 2.03. The molecule has 1 aliphatic carbocycles. The van der Waals surface area contributed by atoms with Gasteiger partial charge in [-0.15, -0.1) is 0 Å². The third-order valence-corrected chi connectivity index (χ3v) is 5.02. The summed E-state index contributed by atoms with van der Waals surface area (Å²) in [7, 11) is 0. The fourth-order valence-corrected chi connectivity index (χ4v) is 3.42. The quantitative estimate of drug-likeness (QED) is 0.265. The lowest BCUT2D eigenvalue weighted by atomic mass is 9.95. The smallest absolute Gasteiger partial charge is 0.218 e.